The third kappa shape index (κ3) is 3.30. The van der Waals surface area contributed by atoms with E-state index in [1.807, 2.05) is 0 Å². The molecule has 0 aliphatic rings. The molecule has 0 N–H and O–H groups in total. The lowest BCUT2D eigenvalue weighted by Gasteiger charge is -2.12. The van der Waals surface area contributed by atoms with Gasteiger partial charge >= 0.3 is 0 Å². The van der Waals surface area contributed by atoms with Crippen LogP contribution in [0.1, 0.15) is 0 Å². The van der Waals surface area contributed by atoms with Gasteiger partial charge in [-0.05, 0) is 42.5 Å². The second-order valence-corrected chi connectivity index (χ2v) is 8.83. The highest BCUT2D eigenvalue weighted by atomic mass is 35.5. The van der Waals surface area contributed by atoms with Gasteiger partial charge < -0.3 is 0 Å². The Morgan fingerprint density at radius 3 is 2.15 bits per heavy atom. The molecule has 0 fully saturated rings. The standard InChI is InChI=1S/C18H10Cl3N3O2S/c19-13-1-2-17-11(3-13)4-18(12-8-22-10-23-9-12)24(17)27(25,26)16-6-14(20)5-15(21)7-16/h1-10H. The molecular formula is C18H10Cl3N3O2S. The fraction of sp³-hybridized carbons (Fsp3) is 0. The van der Waals surface area contributed by atoms with Crippen LogP contribution in [0.2, 0.25) is 15.1 Å². The molecule has 0 aliphatic heterocycles. The number of hydrogen-bond acceptors (Lipinski definition) is 4. The number of halogens is 3. The largest absolute Gasteiger partial charge is 0.268 e. The topological polar surface area (TPSA) is 64.8 Å². The van der Waals surface area contributed by atoms with Crippen molar-refractivity contribution in [2.24, 2.45) is 0 Å². The van der Waals surface area contributed by atoms with Gasteiger partial charge in [-0.2, -0.15) is 0 Å². The maximum absolute atomic E-state index is 13.5. The fourth-order valence-corrected chi connectivity index (χ4v) is 5.28. The third-order valence-electron chi connectivity index (χ3n) is 3.95. The number of hydrogen-bond donors (Lipinski definition) is 0. The average molecular weight is 439 g/mol. The Labute approximate surface area is 170 Å². The van der Waals surface area contributed by atoms with E-state index in [4.69, 9.17) is 34.8 Å². The Hall–Kier alpha value is -2.12. The second-order valence-electron chi connectivity index (χ2n) is 5.73. The highest BCUT2D eigenvalue weighted by Crippen LogP contribution is 2.34. The molecule has 136 valence electrons. The van der Waals surface area contributed by atoms with Crippen molar-refractivity contribution in [1.29, 1.82) is 0 Å². The quantitative estimate of drug-likeness (QED) is 0.435. The zero-order valence-electron chi connectivity index (χ0n) is 13.5. The molecule has 0 saturated heterocycles. The Morgan fingerprint density at radius 2 is 1.48 bits per heavy atom. The van der Waals surface area contributed by atoms with E-state index in [2.05, 4.69) is 9.97 Å². The first-order valence-electron chi connectivity index (χ1n) is 7.64. The molecule has 0 spiro atoms. The molecule has 2 aromatic heterocycles. The Bertz CT molecular complexity index is 1250. The monoisotopic (exact) mass is 437 g/mol. The third-order valence-corrected chi connectivity index (χ3v) is 6.33. The van der Waals surface area contributed by atoms with Crippen molar-refractivity contribution in [3.8, 4) is 11.3 Å². The van der Waals surface area contributed by atoms with Gasteiger partial charge in [-0.3, -0.25) is 0 Å². The van der Waals surface area contributed by atoms with Gasteiger partial charge in [-0.25, -0.2) is 22.4 Å². The zero-order chi connectivity index (χ0) is 19.2. The van der Waals surface area contributed by atoms with Crippen LogP contribution >= 0.6 is 34.8 Å². The summed E-state index contributed by atoms with van der Waals surface area (Å²) in [4.78, 5) is 7.95. The first-order valence-corrected chi connectivity index (χ1v) is 10.2. The van der Waals surface area contributed by atoms with Crippen molar-refractivity contribution in [1.82, 2.24) is 13.9 Å². The maximum atomic E-state index is 13.5. The van der Waals surface area contributed by atoms with Gasteiger partial charge in [0.2, 0.25) is 0 Å². The van der Waals surface area contributed by atoms with Crippen LogP contribution in [-0.4, -0.2) is 22.4 Å². The van der Waals surface area contributed by atoms with E-state index in [0.717, 1.165) is 0 Å². The molecule has 4 rings (SSSR count). The first-order chi connectivity index (χ1) is 12.9. The van der Waals surface area contributed by atoms with Gasteiger partial charge in [0.05, 0.1) is 16.1 Å². The van der Waals surface area contributed by atoms with Crippen molar-refractivity contribution in [2.75, 3.05) is 0 Å². The van der Waals surface area contributed by atoms with Gasteiger partial charge in [0.25, 0.3) is 10.0 Å². The second kappa shape index (κ2) is 6.80. The van der Waals surface area contributed by atoms with Crippen LogP contribution in [0.4, 0.5) is 0 Å². The minimum absolute atomic E-state index is 0.0226. The lowest BCUT2D eigenvalue weighted by atomic mass is 10.2. The Morgan fingerprint density at radius 1 is 0.815 bits per heavy atom. The van der Waals surface area contributed by atoms with Crippen molar-refractivity contribution in [3.05, 3.63) is 76.3 Å². The van der Waals surface area contributed by atoms with Crippen LogP contribution in [0.3, 0.4) is 0 Å². The molecule has 0 bridgehead atoms. The molecule has 2 heterocycles. The van der Waals surface area contributed by atoms with Crippen molar-refractivity contribution in [2.45, 2.75) is 4.90 Å². The minimum Gasteiger partial charge on any atom is -0.244 e. The highest BCUT2D eigenvalue weighted by Gasteiger charge is 2.25. The molecular weight excluding hydrogens is 429 g/mol. The van der Waals surface area contributed by atoms with E-state index >= 15 is 0 Å². The molecule has 5 nitrogen and oxygen atoms in total. The van der Waals surface area contributed by atoms with E-state index in [1.165, 1.54) is 28.5 Å². The lowest BCUT2D eigenvalue weighted by molar-refractivity contribution is 0.589. The molecule has 9 heteroatoms. The molecule has 0 unspecified atom stereocenters. The molecule has 0 aliphatic carbocycles. The van der Waals surface area contributed by atoms with Gasteiger partial charge in [-0.15, -0.1) is 0 Å². The number of aromatic nitrogens is 3. The van der Waals surface area contributed by atoms with Crippen LogP contribution in [0.25, 0.3) is 22.2 Å². The summed E-state index contributed by atoms with van der Waals surface area (Å²) in [7, 11) is -4.01. The predicted molar refractivity (Wildman–Crippen MR) is 107 cm³/mol. The first kappa shape index (κ1) is 18.3. The minimum atomic E-state index is -4.01. The van der Waals surface area contributed by atoms with E-state index in [-0.39, 0.29) is 14.9 Å². The Kier molecular flexibility index (Phi) is 4.60. The lowest BCUT2D eigenvalue weighted by Crippen LogP contribution is -2.14. The average Bonchev–Trinajstić information content (AvgIpc) is 3.01. The predicted octanol–water partition coefficient (Wildman–Crippen LogP) is 5.30. The van der Waals surface area contributed by atoms with Crippen LogP contribution in [0.15, 0.2) is 66.1 Å². The number of rotatable bonds is 3. The van der Waals surface area contributed by atoms with Crippen molar-refractivity contribution in [3.63, 3.8) is 0 Å². The molecule has 0 atom stereocenters. The summed E-state index contributed by atoms with van der Waals surface area (Å²) in [5, 5.41) is 1.62. The summed E-state index contributed by atoms with van der Waals surface area (Å²) < 4.78 is 28.2. The maximum Gasteiger partial charge on any atom is 0.268 e. The summed E-state index contributed by atoms with van der Waals surface area (Å²) in [6.07, 6.45) is 4.46. The van der Waals surface area contributed by atoms with E-state index in [0.29, 0.717) is 27.2 Å². The van der Waals surface area contributed by atoms with E-state index < -0.39 is 10.0 Å². The van der Waals surface area contributed by atoms with Crippen LogP contribution in [0.5, 0.6) is 0 Å². The number of nitrogens with zero attached hydrogens (tertiary/aromatic N) is 3. The van der Waals surface area contributed by atoms with Crippen molar-refractivity contribution < 1.29 is 8.42 Å². The number of benzene rings is 2. The smallest absolute Gasteiger partial charge is 0.244 e. The van der Waals surface area contributed by atoms with Gasteiger partial charge in [0, 0.05) is 38.4 Å². The molecule has 2 aromatic carbocycles. The van der Waals surface area contributed by atoms with Crippen LogP contribution < -0.4 is 0 Å². The van der Waals surface area contributed by atoms with Gasteiger partial charge in [0.15, 0.2) is 0 Å². The molecule has 0 amide bonds. The van der Waals surface area contributed by atoms with Gasteiger partial charge in [0.1, 0.15) is 6.33 Å². The molecule has 0 saturated carbocycles. The van der Waals surface area contributed by atoms with Crippen LogP contribution in [-0.2, 0) is 10.0 Å². The summed E-state index contributed by atoms with van der Waals surface area (Å²) in [6.45, 7) is 0. The van der Waals surface area contributed by atoms with Crippen LogP contribution in [0, 0.1) is 0 Å². The van der Waals surface area contributed by atoms with E-state index in [1.54, 1.807) is 36.7 Å². The highest BCUT2D eigenvalue weighted by molar-refractivity contribution is 7.90. The molecule has 0 radical (unpaired) electrons. The summed E-state index contributed by atoms with van der Waals surface area (Å²) in [5.41, 5.74) is 1.42. The zero-order valence-corrected chi connectivity index (χ0v) is 16.6. The fourth-order valence-electron chi connectivity index (χ4n) is 2.84. The summed E-state index contributed by atoms with van der Waals surface area (Å²) in [5.74, 6) is 0. The Balaban J connectivity index is 2.08. The molecule has 27 heavy (non-hydrogen) atoms. The summed E-state index contributed by atoms with van der Waals surface area (Å²) in [6, 6.07) is 10.9. The van der Waals surface area contributed by atoms with Gasteiger partial charge in [-0.1, -0.05) is 34.8 Å². The normalized spacial score (nSPS) is 11.8. The summed E-state index contributed by atoms with van der Waals surface area (Å²) >= 11 is 18.1. The SMILES string of the molecule is O=S(=O)(c1cc(Cl)cc(Cl)c1)n1c(-c2cncnc2)cc2cc(Cl)ccc21. The van der Waals surface area contributed by atoms with E-state index in [9.17, 15) is 8.42 Å². The number of fused-ring (bicyclic) bond motifs is 1. The molecule has 4 aromatic rings. The van der Waals surface area contributed by atoms with Crippen molar-refractivity contribution >= 4 is 55.7 Å².